The van der Waals surface area contributed by atoms with Crippen LogP contribution in [0.3, 0.4) is 0 Å². The van der Waals surface area contributed by atoms with E-state index in [2.05, 4.69) is 22.2 Å². The third-order valence-electron chi connectivity index (χ3n) is 2.78. The summed E-state index contributed by atoms with van der Waals surface area (Å²) in [4.78, 5) is 8.62. The van der Waals surface area contributed by atoms with Gasteiger partial charge in [-0.3, -0.25) is 4.40 Å². The van der Waals surface area contributed by atoms with Crippen LogP contribution in [0.2, 0.25) is 0 Å². The molecule has 0 aromatic carbocycles. The van der Waals surface area contributed by atoms with Crippen LogP contribution in [-0.2, 0) is 0 Å². The molecule has 0 fully saturated rings. The minimum absolute atomic E-state index is 0.493. The summed E-state index contributed by atoms with van der Waals surface area (Å²) >= 11 is 0. The summed E-state index contributed by atoms with van der Waals surface area (Å²) in [5.74, 6) is 0.493. The van der Waals surface area contributed by atoms with Crippen LogP contribution in [-0.4, -0.2) is 28.2 Å². The SMILES string of the molecule is CCCN.NC1=CNCC(c2cnc3ccccn23)=N1. The van der Waals surface area contributed by atoms with E-state index in [4.69, 9.17) is 11.5 Å². The van der Waals surface area contributed by atoms with E-state index < -0.39 is 0 Å². The molecule has 2 aromatic rings. The highest BCUT2D eigenvalue weighted by atomic mass is 15.1. The zero-order valence-electron chi connectivity index (χ0n) is 11.6. The zero-order chi connectivity index (χ0) is 14.4. The largest absolute Gasteiger partial charge is 0.382 e. The van der Waals surface area contributed by atoms with Gasteiger partial charge in [0.15, 0.2) is 0 Å². The Morgan fingerprint density at radius 2 is 2.20 bits per heavy atom. The normalized spacial score (nSPS) is 13.9. The minimum Gasteiger partial charge on any atom is -0.382 e. The maximum Gasteiger partial charge on any atom is 0.139 e. The molecule has 0 radical (unpaired) electrons. The van der Waals surface area contributed by atoms with Crippen molar-refractivity contribution in [3.8, 4) is 0 Å². The van der Waals surface area contributed by atoms with Crippen LogP contribution in [0.1, 0.15) is 19.0 Å². The molecule has 0 aliphatic carbocycles. The molecular weight excluding hydrogens is 252 g/mol. The van der Waals surface area contributed by atoms with Gasteiger partial charge in [-0.05, 0) is 25.1 Å². The number of rotatable bonds is 2. The van der Waals surface area contributed by atoms with Gasteiger partial charge in [0.1, 0.15) is 11.5 Å². The first kappa shape index (κ1) is 14.1. The molecule has 5 N–H and O–H groups in total. The lowest BCUT2D eigenvalue weighted by atomic mass is 10.2. The summed E-state index contributed by atoms with van der Waals surface area (Å²) in [6.07, 6.45) is 6.58. The Morgan fingerprint density at radius 1 is 1.40 bits per heavy atom. The van der Waals surface area contributed by atoms with Gasteiger partial charge in [-0.25, -0.2) is 9.98 Å². The van der Waals surface area contributed by atoms with Crippen LogP contribution >= 0.6 is 0 Å². The zero-order valence-corrected chi connectivity index (χ0v) is 11.6. The first-order chi connectivity index (χ1) is 9.76. The lowest BCUT2D eigenvalue weighted by Crippen LogP contribution is -2.26. The summed E-state index contributed by atoms with van der Waals surface area (Å²) in [5, 5.41) is 3.08. The molecule has 0 amide bonds. The van der Waals surface area contributed by atoms with Gasteiger partial charge in [0.25, 0.3) is 0 Å². The number of fused-ring (bicyclic) bond motifs is 1. The highest BCUT2D eigenvalue weighted by Gasteiger charge is 2.11. The summed E-state index contributed by atoms with van der Waals surface area (Å²) in [5.41, 5.74) is 13.5. The van der Waals surface area contributed by atoms with E-state index in [9.17, 15) is 0 Å². The van der Waals surface area contributed by atoms with Gasteiger partial charge in [0, 0.05) is 12.4 Å². The Bertz CT molecular complexity index is 623. The molecule has 0 saturated heterocycles. The predicted octanol–water partition coefficient (Wildman–Crippen LogP) is 0.839. The van der Waals surface area contributed by atoms with E-state index in [-0.39, 0.29) is 0 Å². The Hall–Kier alpha value is -2.34. The number of hydrogen-bond acceptors (Lipinski definition) is 5. The molecule has 6 heteroatoms. The predicted molar refractivity (Wildman–Crippen MR) is 81.3 cm³/mol. The maximum absolute atomic E-state index is 5.66. The molecule has 6 nitrogen and oxygen atoms in total. The smallest absolute Gasteiger partial charge is 0.139 e. The fourth-order valence-electron chi connectivity index (χ4n) is 1.77. The first-order valence-corrected chi connectivity index (χ1v) is 6.65. The molecule has 0 saturated carbocycles. The number of pyridine rings is 1. The number of hydrogen-bond donors (Lipinski definition) is 3. The van der Waals surface area contributed by atoms with Gasteiger partial charge < -0.3 is 16.8 Å². The Balaban J connectivity index is 0.000000328. The van der Waals surface area contributed by atoms with Crippen LogP contribution in [0, 0.1) is 0 Å². The average Bonchev–Trinajstić information content (AvgIpc) is 2.91. The van der Waals surface area contributed by atoms with Crippen molar-refractivity contribution < 1.29 is 0 Å². The van der Waals surface area contributed by atoms with Crippen molar-refractivity contribution in [3.63, 3.8) is 0 Å². The summed E-state index contributed by atoms with van der Waals surface area (Å²) in [7, 11) is 0. The van der Waals surface area contributed by atoms with Crippen molar-refractivity contribution in [2.45, 2.75) is 13.3 Å². The van der Waals surface area contributed by atoms with Crippen molar-refractivity contribution in [3.05, 3.63) is 48.3 Å². The van der Waals surface area contributed by atoms with Crippen LogP contribution in [0.25, 0.3) is 5.65 Å². The van der Waals surface area contributed by atoms with Crippen LogP contribution in [0.5, 0.6) is 0 Å². The molecule has 0 atom stereocenters. The van der Waals surface area contributed by atoms with Gasteiger partial charge in [-0.2, -0.15) is 0 Å². The monoisotopic (exact) mass is 272 g/mol. The average molecular weight is 272 g/mol. The third kappa shape index (κ3) is 3.16. The van der Waals surface area contributed by atoms with Crippen LogP contribution < -0.4 is 16.8 Å². The molecule has 2 aromatic heterocycles. The Labute approximate surface area is 118 Å². The topological polar surface area (TPSA) is 93.7 Å². The molecular formula is C14H20N6. The van der Waals surface area contributed by atoms with E-state index in [1.54, 1.807) is 6.20 Å². The number of imidazole rings is 1. The van der Waals surface area contributed by atoms with Gasteiger partial charge >= 0.3 is 0 Å². The van der Waals surface area contributed by atoms with Crippen molar-refractivity contribution in [1.29, 1.82) is 0 Å². The number of nitrogens with two attached hydrogens (primary N) is 2. The van der Waals surface area contributed by atoms with E-state index >= 15 is 0 Å². The standard InChI is InChI=1S/C11H11N5.C3H9N/c12-10-7-13-5-8(15-10)9-6-14-11-3-1-2-4-16(9)11;1-2-3-4/h1-4,6-7,13H,5,12H2;2-4H2,1H3. The second-order valence-electron chi connectivity index (χ2n) is 4.37. The lowest BCUT2D eigenvalue weighted by molar-refractivity contribution is 0.932. The van der Waals surface area contributed by atoms with E-state index in [0.717, 1.165) is 30.0 Å². The summed E-state index contributed by atoms with van der Waals surface area (Å²) in [6, 6.07) is 5.88. The molecule has 0 unspecified atom stereocenters. The second kappa shape index (κ2) is 6.72. The van der Waals surface area contributed by atoms with E-state index in [1.165, 1.54) is 0 Å². The highest BCUT2D eigenvalue weighted by molar-refractivity contribution is 6.02. The summed E-state index contributed by atoms with van der Waals surface area (Å²) in [6.45, 7) is 3.55. The van der Waals surface area contributed by atoms with Gasteiger partial charge in [-0.15, -0.1) is 0 Å². The fourth-order valence-corrected chi connectivity index (χ4v) is 1.77. The van der Waals surface area contributed by atoms with Gasteiger partial charge in [0.2, 0.25) is 0 Å². The van der Waals surface area contributed by atoms with Crippen molar-refractivity contribution in [2.24, 2.45) is 16.5 Å². The van der Waals surface area contributed by atoms with E-state index in [0.29, 0.717) is 12.4 Å². The maximum atomic E-state index is 5.66. The number of nitrogens with zero attached hydrogens (tertiary/aromatic N) is 3. The Morgan fingerprint density at radius 3 is 2.90 bits per heavy atom. The molecule has 1 aliphatic heterocycles. The lowest BCUT2D eigenvalue weighted by Gasteiger charge is -2.11. The molecule has 0 bridgehead atoms. The minimum atomic E-state index is 0.493. The molecule has 3 heterocycles. The molecule has 20 heavy (non-hydrogen) atoms. The van der Waals surface area contributed by atoms with E-state index in [1.807, 2.05) is 35.0 Å². The fraction of sp³-hybridized carbons (Fsp3) is 0.286. The quantitative estimate of drug-likeness (QED) is 0.755. The summed E-state index contributed by atoms with van der Waals surface area (Å²) < 4.78 is 2.00. The molecule has 0 spiro atoms. The van der Waals surface area contributed by atoms with Gasteiger partial charge in [0.05, 0.1) is 24.1 Å². The van der Waals surface area contributed by atoms with Gasteiger partial charge in [-0.1, -0.05) is 13.0 Å². The number of nitrogens with one attached hydrogen (secondary N) is 1. The second-order valence-corrected chi connectivity index (χ2v) is 4.37. The van der Waals surface area contributed by atoms with Crippen molar-refractivity contribution in [2.75, 3.05) is 13.1 Å². The van der Waals surface area contributed by atoms with Crippen molar-refractivity contribution in [1.82, 2.24) is 14.7 Å². The molecule has 3 rings (SSSR count). The van der Waals surface area contributed by atoms with Crippen molar-refractivity contribution >= 4 is 11.4 Å². The first-order valence-electron chi connectivity index (χ1n) is 6.65. The van der Waals surface area contributed by atoms with Crippen LogP contribution in [0.4, 0.5) is 0 Å². The van der Waals surface area contributed by atoms with Crippen LogP contribution in [0.15, 0.2) is 47.6 Å². The number of aromatic nitrogens is 2. The highest BCUT2D eigenvalue weighted by Crippen LogP contribution is 2.09. The number of aliphatic imine (C=N–C) groups is 1. The molecule has 106 valence electrons. The third-order valence-corrected chi connectivity index (χ3v) is 2.78. The molecule has 1 aliphatic rings. The Kier molecular flexibility index (Phi) is 4.73.